The highest BCUT2D eigenvalue weighted by Crippen LogP contribution is 2.41. The number of amides is 1. The van der Waals surface area contributed by atoms with Gasteiger partial charge < -0.3 is 10.1 Å². The van der Waals surface area contributed by atoms with Crippen molar-refractivity contribution in [1.29, 1.82) is 0 Å². The molecule has 0 radical (unpaired) electrons. The first kappa shape index (κ1) is 20.7. The zero-order chi connectivity index (χ0) is 21.8. The number of sulfonamides is 1. The third-order valence-electron chi connectivity index (χ3n) is 5.03. The van der Waals surface area contributed by atoms with Crippen LogP contribution in [0.5, 0.6) is 5.75 Å². The minimum absolute atomic E-state index is 0.167. The van der Waals surface area contributed by atoms with E-state index < -0.39 is 15.9 Å². The lowest BCUT2D eigenvalue weighted by molar-refractivity contribution is -0.116. The van der Waals surface area contributed by atoms with E-state index in [1.54, 1.807) is 24.3 Å². The molecule has 3 aromatic carbocycles. The molecule has 6 nitrogen and oxygen atoms in total. The van der Waals surface area contributed by atoms with Crippen LogP contribution in [0.4, 0.5) is 5.69 Å². The molecule has 4 rings (SSSR count). The highest BCUT2D eigenvalue weighted by atomic mass is 32.2. The number of rotatable bonds is 6. The maximum atomic E-state index is 13.3. The molecular formula is C24H22N2O4S. The monoisotopic (exact) mass is 434 g/mol. The van der Waals surface area contributed by atoms with Crippen molar-refractivity contribution in [3.63, 3.8) is 0 Å². The topological polar surface area (TPSA) is 75.7 Å². The number of hydrogen-bond acceptors (Lipinski definition) is 4. The number of anilines is 1. The fraction of sp³-hybridized carbons (Fsp3) is 0.125. The SMILES string of the molecule is CN1c2ccccc2C(c2ccccc2)=C(C(=O)NCCOc2ccccc2)S1(=O)=O. The Balaban J connectivity index is 1.69. The minimum atomic E-state index is -4.04. The molecule has 3 aromatic rings. The molecule has 0 saturated heterocycles. The van der Waals surface area contributed by atoms with Gasteiger partial charge in [-0.2, -0.15) is 0 Å². The Hall–Kier alpha value is -3.58. The number of carbonyl (C=O) groups excluding carboxylic acids is 1. The van der Waals surface area contributed by atoms with E-state index in [-0.39, 0.29) is 18.1 Å². The summed E-state index contributed by atoms with van der Waals surface area (Å²) in [6.07, 6.45) is 0. The average Bonchev–Trinajstić information content (AvgIpc) is 2.80. The lowest BCUT2D eigenvalue weighted by Crippen LogP contribution is -2.40. The Kier molecular flexibility index (Phi) is 5.77. The van der Waals surface area contributed by atoms with Crippen LogP contribution in [0.25, 0.3) is 5.57 Å². The fourth-order valence-corrected chi connectivity index (χ4v) is 5.01. The zero-order valence-corrected chi connectivity index (χ0v) is 17.8. The summed E-state index contributed by atoms with van der Waals surface area (Å²) in [6.45, 7) is 0.385. The number of para-hydroxylation sites is 2. The molecule has 0 spiro atoms. The molecular weight excluding hydrogens is 412 g/mol. The van der Waals surface area contributed by atoms with Gasteiger partial charge >= 0.3 is 0 Å². The molecule has 31 heavy (non-hydrogen) atoms. The molecule has 0 atom stereocenters. The van der Waals surface area contributed by atoms with E-state index in [2.05, 4.69) is 5.32 Å². The highest BCUT2D eigenvalue weighted by Gasteiger charge is 2.39. The Morgan fingerprint density at radius 3 is 2.23 bits per heavy atom. The molecule has 158 valence electrons. The van der Waals surface area contributed by atoms with E-state index in [9.17, 15) is 13.2 Å². The van der Waals surface area contributed by atoms with Crippen LogP contribution in [0.1, 0.15) is 11.1 Å². The Morgan fingerprint density at radius 1 is 0.903 bits per heavy atom. The summed E-state index contributed by atoms with van der Waals surface area (Å²) in [5, 5.41) is 2.70. The molecule has 0 saturated carbocycles. The molecule has 1 amide bonds. The average molecular weight is 435 g/mol. The maximum Gasteiger partial charge on any atom is 0.270 e. The number of nitrogens with zero attached hydrogens (tertiary/aromatic N) is 1. The van der Waals surface area contributed by atoms with Crippen molar-refractivity contribution in [2.75, 3.05) is 24.5 Å². The summed E-state index contributed by atoms with van der Waals surface area (Å²) in [4.78, 5) is 12.9. The van der Waals surface area contributed by atoms with Crippen LogP contribution in [0.2, 0.25) is 0 Å². The molecule has 0 unspecified atom stereocenters. The first-order chi connectivity index (χ1) is 15.0. The number of fused-ring (bicyclic) bond motifs is 1. The molecule has 1 heterocycles. The molecule has 0 bridgehead atoms. The van der Waals surface area contributed by atoms with Crippen LogP contribution >= 0.6 is 0 Å². The van der Waals surface area contributed by atoms with Gasteiger partial charge in [0.05, 0.1) is 12.2 Å². The summed E-state index contributed by atoms with van der Waals surface area (Å²) in [5.74, 6) is 0.0248. The van der Waals surface area contributed by atoms with Gasteiger partial charge in [-0.1, -0.05) is 66.7 Å². The van der Waals surface area contributed by atoms with E-state index in [1.807, 2.05) is 60.7 Å². The molecule has 0 fully saturated rings. The van der Waals surface area contributed by atoms with Gasteiger partial charge in [0.25, 0.3) is 15.9 Å². The van der Waals surface area contributed by atoms with Crippen LogP contribution < -0.4 is 14.4 Å². The van der Waals surface area contributed by atoms with Crippen molar-refractivity contribution in [3.8, 4) is 5.75 Å². The molecule has 0 aromatic heterocycles. The third-order valence-corrected chi connectivity index (χ3v) is 6.85. The van der Waals surface area contributed by atoms with Gasteiger partial charge in [0.2, 0.25) is 0 Å². The van der Waals surface area contributed by atoms with Gasteiger partial charge in [-0.05, 0) is 23.8 Å². The Bertz CT molecular complexity index is 1220. The van der Waals surface area contributed by atoms with Crippen molar-refractivity contribution < 1.29 is 17.9 Å². The van der Waals surface area contributed by atoms with E-state index in [0.717, 1.165) is 4.31 Å². The summed E-state index contributed by atoms with van der Waals surface area (Å²) >= 11 is 0. The number of nitrogens with one attached hydrogen (secondary N) is 1. The number of benzene rings is 3. The maximum absolute atomic E-state index is 13.3. The zero-order valence-electron chi connectivity index (χ0n) is 17.0. The molecule has 1 aliphatic rings. The lowest BCUT2D eigenvalue weighted by atomic mass is 9.95. The first-order valence-electron chi connectivity index (χ1n) is 9.84. The summed E-state index contributed by atoms with van der Waals surface area (Å²) in [5.41, 5.74) is 2.29. The van der Waals surface area contributed by atoms with Crippen molar-refractivity contribution >= 4 is 27.2 Å². The van der Waals surface area contributed by atoms with Crippen LogP contribution in [-0.2, 0) is 14.8 Å². The van der Waals surface area contributed by atoms with Crippen molar-refractivity contribution in [1.82, 2.24) is 5.32 Å². The van der Waals surface area contributed by atoms with Crippen LogP contribution in [-0.4, -0.2) is 34.5 Å². The number of ether oxygens (including phenoxy) is 1. The normalized spacial score (nSPS) is 14.7. The van der Waals surface area contributed by atoms with Gasteiger partial charge in [0, 0.05) is 18.2 Å². The van der Waals surface area contributed by atoms with Crippen LogP contribution in [0, 0.1) is 0 Å². The van der Waals surface area contributed by atoms with E-state index >= 15 is 0 Å². The van der Waals surface area contributed by atoms with Crippen molar-refractivity contribution in [2.24, 2.45) is 0 Å². The molecule has 7 heteroatoms. The summed E-state index contributed by atoms with van der Waals surface area (Å²) in [7, 11) is -2.58. The van der Waals surface area contributed by atoms with Crippen molar-refractivity contribution in [2.45, 2.75) is 0 Å². The van der Waals surface area contributed by atoms with Gasteiger partial charge in [-0.3, -0.25) is 9.10 Å². The second kappa shape index (κ2) is 8.65. The fourth-order valence-electron chi connectivity index (χ4n) is 3.53. The summed E-state index contributed by atoms with van der Waals surface area (Å²) < 4.78 is 33.4. The Labute approximate surface area is 181 Å². The van der Waals surface area contributed by atoms with Crippen LogP contribution in [0.15, 0.2) is 89.8 Å². The summed E-state index contributed by atoms with van der Waals surface area (Å²) in [6, 6.07) is 25.5. The quantitative estimate of drug-likeness (QED) is 0.603. The van der Waals surface area contributed by atoms with E-state index in [1.165, 1.54) is 7.05 Å². The number of carbonyl (C=O) groups is 1. The predicted octanol–water partition coefficient (Wildman–Crippen LogP) is 3.42. The van der Waals surface area contributed by atoms with E-state index in [4.69, 9.17) is 4.74 Å². The first-order valence-corrected chi connectivity index (χ1v) is 11.3. The van der Waals surface area contributed by atoms with Crippen LogP contribution in [0.3, 0.4) is 0 Å². The van der Waals surface area contributed by atoms with Crippen molar-refractivity contribution in [3.05, 3.63) is 101 Å². The second-order valence-electron chi connectivity index (χ2n) is 6.98. The molecule has 0 aliphatic carbocycles. The third kappa shape index (κ3) is 4.04. The second-order valence-corrected chi connectivity index (χ2v) is 8.88. The molecule has 1 aliphatic heterocycles. The highest BCUT2D eigenvalue weighted by molar-refractivity contribution is 7.97. The largest absolute Gasteiger partial charge is 0.492 e. The lowest BCUT2D eigenvalue weighted by Gasteiger charge is -2.30. The van der Waals surface area contributed by atoms with Gasteiger partial charge in [-0.25, -0.2) is 8.42 Å². The van der Waals surface area contributed by atoms with Gasteiger partial charge in [0.15, 0.2) is 4.91 Å². The Morgan fingerprint density at radius 2 is 1.52 bits per heavy atom. The van der Waals surface area contributed by atoms with Gasteiger partial charge in [0.1, 0.15) is 12.4 Å². The number of hydrogen-bond donors (Lipinski definition) is 1. The van der Waals surface area contributed by atoms with Gasteiger partial charge in [-0.15, -0.1) is 0 Å². The predicted molar refractivity (Wildman–Crippen MR) is 121 cm³/mol. The minimum Gasteiger partial charge on any atom is -0.492 e. The van der Waals surface area contributed by atoms with E-state index in [0.29, 0.717) is 28.1 Å². The molecule has 1 N–H and O–H groups in total. The smallest absolute Gasteiger partial charge is 0.270 e. The standard InChI is InChI=1S/C24H22N2O4S/c1-26-21-15-9-8-14-20(21)22(18-10-4-2-5-11-18)23(31(26,28)29)24(27)25-16-17-30-19-12-6-3-7-13-19/h2-15H,16-17H2,1H3,(H,25,27).